The van der Waals surface area contributed by atoms with Gasteiger partial charge in [-0.1, -0.05) is 0 Å². The average Bonchev–Trinajstić information content (AvgIpc) is 2.89. The van der Waals surface area contributed by atoms with Gasteiger partial charge in [0.05, 0.1) is 11.9 Å². The Morgan fingerprint density at radius 3 is 2.82 bits per heavy atom. The summed E-state index contributed by atoms with van der Waals surface area (Å²) in [6, 6.07) is 2.14. The van der Waals surface area contributed by atoms with E-state index in [4.69, 9.17) is 0 Å². The molecule has 92 valence electrons. The van der Waals surface area contributed by atoms with Gasteiger partial charge in [-0.25, -0.2) is 4.98 Å². The van der Waals surface area contributed by atoms with Crippen molar-refractivity contribution in [2.75, 3.05) is 19.0 Å². The minimum Gasteiger partial charge on any atom is -0.348 e. The highest BCUT2D eigenvalue weighted by Crippen LogP contribution is 2.11. The smallest absolute Gasteiger partial charge is 0.204 e. The Labute approximate surface area is 106 Å². The number of nitrogens with zero attached hydrogens (tertiary/aromatic N) is 3. The average molecular weight is 250 g/mol. The van der Waals surface area contributed by atoms with Crippen LogP contribution in [0.1, 0.15) is 11.3 Å². The molecule has 0 aliphatic carbocycles. The lowest BCUT2D eigenvalue weighted by Crippen LogP contribution is -2.17. The van der Waals surface area contributed by atoms with E-state index in [0.29, 0.717) is 0 Å². The Bertz CT molecular complexity index is 459. The van der Waals surface area contributed by atoms with Gasteiger partial charge in [0, 0.05) is 34.2 Å². The highest BCUT2D eigenvalue weighted by Gasteiger charge is 2.07. The maximum absolute atomic E-state index is 4.38. The van der Waals surface area contributed by atoms with Gasteiger partial charge in [-0.2, -0.15) is 11.3 Å². The van der Waals surface area contributed by atoms with Gasteiger partial charge in [0.1, 0.15) is 0 Å². The van der Waals surface area contributed by atoms with Gasteiger partial charge in [0.2, 0.25) is 5.95 Å². The molecule has 0 saturated carbocycles. The van der Waals surface area contributed by atoms with Crippen molar-refractivity contribution in [1.82, 2.24) is 14.9 Å². The first-order valence-corrected chi connectivity index (χ1v) is 6.52. The van der Waals surface area contributed by atoms with Crippen LogP contribution in [0.4, 0.5) is 5.95 Å². The van der Waals surface area contributed by atoms with Crippen molar-refractivity contribution >= 4 is 17.3 Å². The fourth-order valence-corrected chi connectivity index (χ4v) is 2.41. The van der Waals surface area contributed by atoms with Crippen LogP contribution < -0.4 is 10.2 Å². The standard InChI is InChI=1S/C12H18N4S/c1-15(2)12-14-8-11(16(12)3)7-13-6-10-4-5-17-9-10/h4-5,8-9,13H,6-7H2,1-3H3. The highest BCUT2D eigenvalue weighted by molar-refractivity contribution is 7.07. The summed E-state index contributed by atoms with van der Waals surface area (Å²) in [5.41, 5.74) is 2.54. The fourth-order valence-electron chi connectivity index (χ4n) is 1.74. The number of nitrogens with one attached hydrogen (secondary N) is 1. The van der Waals surface area contributed by atoms with Gasteiger partial charge in [0.25, 0.3) is 0 Å². The molecule has 0 spiro atoms. The van der Waals surface area contributed by atoms with Crippen LogP contribution in [0.5, 0.6) is 0 Å². The van der Waals surface area contributed by atoms with Crippen LogP contribution in [0.2, 0.25) is 0 Å². The Hall–Kier alpha value is -1.33. The molecule has 0 aromatic carbocycles. The van der Waals surface area contributed by atoms with Gasteiger partial charge in [-0.05, 0) is 22.4 Å². The van der Waals surface area contributed by atoms with E-state index in [0.717, 1.165) is 19.0 Å². The molecule has 0 atom stereocenters. The maximum atomic E-state index is 4.38. The van der Waals surface area contributed by atoms with E-state index < -0.39 is 0 Å². The molecule has 2 heterocycles. The van der Waals surface area contributed by atoms with Gasteiger partial charge < -0.3 is 14.8 Å². The number of imidazole rings is 1. The van der Waals surface area contributed by atoms with Crippen LogP contribution in [0.3, 0.4) is 0 Å². The lowest BCUT2D eigenvalue weighted by molar-refractivity contribution is 0.655. The van der Waals surface area contributed by atoms with Crippen LogP contribution in [-0.2, 0) is 20.1 Å². The minimum absolute atomic E-state index is 0.840. The van der Waals surface area contributed by atoms with Crippen molar-refractivity contribution < 1.29 is 0 Å². The molecule has 0 amide bonds. The summed E-state index contributed by atoms with van der Waals surface area (Å²) in [5.74, 6) is 0.984. The third kappa shape index (κ3) is 2.87. The summed E-state index contributed by atoms with van der Waals surface area (Å²) in [6.45, 7) is 1.75. The summed E-state index contributed by atoms with van der Waals surface area (Å²) < 4.78 is 2.11. The molecule has 0 unspecified atom stereocenters. The van der Waals surface area contributed by atoms with E-state index in [2.05, 4.69) is 31.7 Å². The normalized spacial score (nSPS) is 10.8. The van der Waals surface area contributed by atoms with Gasteiger partial charge in [-0.3, -0.25) is 0 Å². The van der Waals surface area contributed by atoms with E-state index in [1.54, 1.807) is 11.3 Å². The van der Waals surface area contributed by atoms with E-state index in [9.17, 15) is 0 Å². The van der Waals surface area contributed by atoms with E-state index in [1.165, 1.54) is 11.3 Å². The molecule has 1 N–H and O–H groups in total. The molecule has 2 rings (SSSR count). The molecule has 2 aromatic rings. The molecule has 5 heteroatoms. The highest BCUT2D eigenvalue weighted by atomic mass is 32.1. The van der Waals surface area contributed by atoms with Crippen LogP contribution in [0, 0.1) is 0 Å². The Balaban J connectivity index is 1.91. The largest absolute Gasteiger partial charge is 0.348 e. The number of anilines is 1. The van der Waals surface area contributed by atoms with Crippen molar-refractivity contribution in [3.63, 3.8) is 0 Å². The molecule has 0 radical (unpaired) electrons. The van der Waals surface area contributed by atoms with E-state index in [-0.39, 0.29) is 0 Å². The molecule has 0 aliphatic heterocycles. The van der Waals surface area contributed by atoms with Crippen LogP contribution in [0.25, 0.3) is 0 Å². The molecule has 4 nitrogen and oxygen atoms in total. The molecular weight excluding hydrogens is 232 g/mol. The summed E-state index contributed by atoms with van der Waals surface area (Å²) in [5, 5.41) is 7.70. The molecular formula is C12H18N4S. The van der Waals surface area contributed by atoms with Gasteiger partial charge >= 0.3 is 0 Å². The third-order valence-electron chi connectivity index (χ3n) is 2.68. The van der Waals surface area contributed by atoms with Gasteiger partial charge in [0.15, 0.2) is 0 Å². The summed E-state index contributed by atoms with van der Waals surface area (Å²) >= 11 is 1.73. The third-order valence-corrected chi connectivity index (χ3v) is 3.41. The quantitative estimate of drug-likeness (QED) is 0.879. The number of aromatic nitrogens is 2. The van der Waals surface area contributed by atoms with Crippen molar-refractivity contribution in [2.24, 2.45) is 7.05 Å². The molecule has 0 fully saturated rings. The predicted octanol–water partition coefficient (Wildman–Crippen LogP) is 1.84. The Kier molecular flexibility index (Phi) is 3.81. The first-order valence-electron chi connectivity index (χ1n) is 5.58. The maximum Gasteiger partial charge on any atom is 0.204 e. The number of hydrogen-bond donors (Lipinski definition) is 1. The summed E-state index contributed by atoms with van der Waals surface area (Å²) in [6.07, 6.45) is 1.93. The topological polar surface area (TPSA) is 33.1 Å². The molecule has 0 saturated heterocycles. The second-order valence-corrected chi connectivity index (χ2v) is 5.02. The summed E-state index contributed by atoms with van der Waals surface area (Å²) in [4.78, 5) is 6.40. The van der Waals surface area contributed by atoms with Crippen LogP contribution in [-0.4, -0.2) is 23.6 Å². The minimum atomic E-state index is 0.840. The predicted molar refractivity (Wildman–Crippen MR) is 72.4 cm³/mol. The Morgan fingerprint density at radius 2 is 2.24 bits per heavy atom. The second-order valence-electron chi connectivity index (χ2n) is 4.24. The molecule has 0 bridgehead atoms. The zero-order valence-corrected chi connectivity index (χ0v) is 11.3. The van der Waals surface area contributed by atoms with Crippen molar-refractivity contribution in [3.8, 4) is 0 Å². The second kappa shape index (κ2) is 5.33. The van der Waals surface area contributed by atoms with Gasteiger partial charge in [-0.15, -0.1) is 0 Å². The van der Waals surface area contributed by atoms with Crippen LogP contribution >= 0.6 is 11.3 Å². The monoisotopic (exact) mass is 250 g/mol. The molecule has 0 aliphatic rings. The number of thiophene rings is 1. The van der Waals surface area contributed by atoms with Crippen molar-refractivity contribution in [2.45, 2.75) is 13.1 Å². The van der Waals surface area contributed by atoms with E-state index in [1.807, 2.05) is 32.2 Å². The SMILES string of the molecule is CN(C)c1ncc(CNCc2ccsc2)n1C. The zero-order valence-electron chi connectivity index (χ0n) is 10.5. The number of rotatable bonds is 5. The molecule has 17 heavy (non-hydrogen) atoms. The van der Waals surface area contributed by atoms with Crippen LogP contribution in [0.15, 0.2) is 23.0 Å². The first-order chi connectivity index (χ1) is 8.18. The lowest BCUT2D eigenvalue weighted by atomic mass is 10.3. The fraction of sp³-hybridized carbons (Fsp3) is 0.417. The Morgan fingerprint density at radius 1 is 1.41 bits per heavy atom. The van der Waals surface area contributed by atoms with E-state index >= 15 is 0 Å². The molecule has 2 aromatic heterocycles. The van der Waals surface area contributed by atoms with Crippen molar-refractivity contribution in [3.05, 3.63) is 34.3 Å². The lowest BCUT2D eigenvalue weighted by Gasteiger charge is -2.12. The number of hydrogen-bond acceptors (Lipinski definition) is 4. The zero-order chi connectivity index (χ0) is 12.3. The first kappa shape index (κ1) is 12.1. The summed E-state index contributed by atoms with van der Waals surface area (Å²) in [7, 11) is 6.06. The van der Waals surface area contributed by atoms with Crippen molar-refractivity contribution in [1.29, 1.82) is 0 Å².